The summed E-state index contributed by atoms with van der Waals surface area (Å²) >= 11 is 0. The van der Waals surface area contributed by atoms with Crippen LogP contribution >= 0.6 is 0 Å². The predicted molar refractivity (Wildman–Crippen MR) is 99.2 cm³/mol. The number of ketones is 2. The third-order valence-electron chi connectivity index (χ3n) is 3.54. The molecule has 0 atom stereocenters. The lowest BCUT2D eigenvalue weighted by Crippen LogP contribution is -2.12. The minimum absolute atomic E-state index is 0. The second-order valence-electron chi connectivity index (χ2n) is 5.27. The van der Waals surface area contributed by atoms with Gasteiger partial charge in [-0.15, -0.1) is 0 Å². The molecule has 0 saturated heterocycles. The van der Waals surface area contributed by atoms with Gasteiger partial charge in [0.05, 0.1) is 7.11 Å². The highest BCUT2D eigenvalue weighted by Crippen LogP contribution is 2.23. The Morgan fingerprint density at radius 3 is 2.54 bits per heavy atom. The number of hydrogen-bond acceptors (Lipinski definition) is 4. The van der Waals surface area contributed by atoms with Crippen LogP contribution in [0.1, 0.15) is 68.4 Å². The van der Waals surface area contributed by atoms with Crippen molar-refractivity contribution in [2.75, 3.05) is 7.11 Å². The molecular formula is C19H30N2O3. The van der Waals surface area contributed by atoms with Crippen molar-refractivity contribution >= 4 is 11.6 Å². The van der Waals surface area contributed by atoms with Crippen molar-refractivity contribution in [3.8, 4) is 5.88 Å². The lowest BCUT2D eigenvalue weighted by atomic mass is 9.93. The number of H-pyrrole nitrogens is 1. The maximum Gasteiger partial charge on any atom is 0.212 e. The minimum Gasteiger partial charge on any atom is -0.481 e. The summed E-state index contributed by atoms with van der Waals surface area (Å²) in [7, 11) is 1.61. The van der Waals surface area contributed by atoms with Gasteiger partial charge in [-0.2, -0.15) is 0 Å². The minimum atomic E-state index is -0.0345. The van der Waals surface area contributed by atoms with Gasteiger partial charge in [0.1, 0.15) is 0 Å². The number of carbonyl (C=O) groups is 2. The van der Waals surface area contributed by atoms with Gasteiger partial charge in [0, 0.05) is 44.6 Å². The Bertz CT molecular complexity index is 683. The molecule has 1 N–H and O–H groups in total. The number of methoxy groups -OCH3 is 1. The zero-order valence-electron chi connectivity index (χ0n) is 15.1. The van der Waals surface area contributed by atoms with Crippen LogP contribution in [0.3, 0.4) is 0 Å². The largest absolute Gasteiger partial charge is 0.481 e. The summed E-state index contributed by atoms with van der Waals surface area (Å²) in [6, 6.07) is 3.81. The van der Waals surface area contributed by atoms with Crippen LogP contribution in [-0.4, -0.2) is 28.6 Å². The van der Waals surface area contributed by atoms with Gasteiger partial charge in [-0.05, 0) is 32.3 Å². The van der Waals surface area contributed by atoms with E-state index in [2.05, 4.69) is 9.97 Å². The number of nitrogens with one attached hydrogen (secondary N) is 1. The number of nitrogens with zero attached hydrogens (tertiary/aromatic N) is 1. The quantitative estimate of drug-likeness (QED) is 0.811. The van der Waals surface area contributed by atoms with E-state index in [0.717, 1.165) is 24.1 Å². The second-order valence-corrected chi connectivity index (χ2v) is 5.27. The Labute approximate surface area is 146 Å². The van der Waals surface area contributed by atoms with Gasteiger partial charge in [-0.1, -0.05) is 19.9 Å². The Balaban J connectivity index is 0. The number of fused-ring (bicyclic) bond motifs is 1. The average molecular weight is 334 g/mol. The fourth-order valence-corrected chi connectivity index (χ4v) is 2.39. The highest BCUT2D eigenvalue weighted by Gasteiger charge is 2.23. The van der Waals surface area contributed by atoms with E-state index in [1.807, 2.05) is 32.9 Å². The summed E-state index contributed by atoms with van der Waals surface area (Å²) in [5, 5.41) is 0. The summed E-state index contributed by atoms with van der Waals surface area (Å²) in [6.45, 7) is 7.48. The molecule has 0 aliphatic heterocycles. The van der Waals surface area contributed by atoms with Crippen molar-refractivity contribution in [1.29, 1.82) is 0 Å². The topological polar surface area (TPSA) is 72.0 Å². The molecule has 2 heterocycles. The molecule has 0 saturated carbocycles. The van der Waals surface area contributed by atoms with Crippen molar-refractivity contribution in [2.24, 2.45) is 0 Å². The summed E-state index contributed by atoms with van der Waals surface area (Å²) < 4.78 is 4.86. The van der Waals surface area contributed by atoms with Gasteiger partial charge in [-0.3, -0.25) is 9.59 Å². The van der Waals surface area contributed by atoms with Crippen LogP contribution in [0.15, 0.2) is 24.5 Å². The SMILES string of the molecule is CC.CC(=O)c1c[nH]c2c1C(=O)CCC2.COc1ccc(C)cn1.[HH].[HH]. The van der Waals surface area contributed by atoms with Crippen molar-refractivity contribution in [3.63, 3.8) is 0 Å². The van der Waals surface area contributed by atoms with Crippen LogP contribution in [0.25, 0.3) is 0 Å². The number of hydrogen-bond donors (Lipinski definition) is 1. The first-order valence-electron chi connectivity index (χ1n) is 8.24. The predicted octanol–water partition coefficient (Wildman–Crippen LogP) is 4.65. The molecule has 24 heavy (non-hydrogen) atoms. The van der Waals surface area contributed by atoms with E-state index in [9.17, 15) is 9.59 Å². The molecule has 5 heteroatoms. The third-order valence-corrected chi connectivity index (χ3v) is 3.54. The molecule has 3 rings (SSSR count). The number of aryl methyl sites for hydroxylation is 2. The van der Waals surface area contributed by atoms with Gasteiger partial charge < -0.3 is 9.72 Å². The van der Waals surface area contributed by atoms with Crippen LogP contribution in [0.4, 0.5) is 0 Å². The molecule has 2 aromatic rings. The highest BCUT2D eigenvalue weighted by atomic mass is 16.5. The van der Waals surface area contributed by atoms with Crippen molar-refractivity contribution < 1.29 is 17.2 Å². The zero-order valence-corrected chi connectivity index (χ0v) is 15.1. The summed E-state index contributed by atoms with van der Waals surface area (Å²) in [6.07, 6.45) is 5.78. The molecule has 134 valence electrons. The second kappa shape index (κ2) is 9.65. The Morgan fingerprint density at radius 1 is 1.29 bits per heavy atom. The molecule has 0 bridgehead atoms. The monoisotopic (exact) mass is 334 g/mol. The summed E-state index contributed by atoms with van der Waals surface area (Å²) in [4.78, 5) is 29.6. The van der Waals surface area contributed by atoms with Gasteiger partial charge in [0.25, 0.3) is 0 Å². The van der Waals surface area contributed by atoms with Crippen LogP contribution in [0.2, 0.25) is 0 Å². The fourth-order valence-electron chi connectivity index (χ4n) is 2.39. The Kier molecular flexibility index (Phi) is 7.89. The first kappa shape index (κ1) is 19.6. The smallest absolute Gasteiger partial charge is 0.212 e. The lowest BCUT2D eigenvalue weighted by Gasteiger charge is -2.10. The third kappa shape index (κ3) is 5.05. The van der Waals surface area contributed by atoms with E-state index in [4.69, 9.17) is 4.74 Å². The van der Waals surface area contributed by atoms with E-state index in [1.54, 1.807) is 19.5 Å². The lowest BCUT2D eigenvalue weighted by molar-refractivity contribution is 0.0954. The van der Waals surface area contributed by atoms with E-state index < -0.39 is 0 Å². The van der Waals surface area contributed by atoms with Crippen LogP contribution in [0, 0.1) is 6.92 Å². The van der Waals surface area contributed by atoms with E-state index in [1.165, 1.54) is 6.92 Å². The van der Waals surface area contributed by atoms with Gasteiger partial charge >= 0.3 is 0 Å². The maximum atomic E-state index is 11.5. The maximum absolute atomic E-state index is 11.5. The van der Waals surface area contributed by atoms with Gasteiger partial charge in [0.15, 0.2) is 11.6 Å². The van der Waals surface area contributed by atoms with Crippen LogP contribution < -0.4 is 4.74 Å². The van der Waals surface area contributed by atoms with Crippen molar-refractivity contribution in [2.45, 2.75) is 47.0 Å². The number of aromatic nitrogens is 2. The molecular weight excluding hydrogens is 304 g/mol. The standard InChI is InChI=1S/C10H11NO2.C7H9NO.C2H6.2H2/c1-6(12)7-5-11-8-3-2-4-9(13)10(7)8;1-6-3-4-7(9-2)8-5-6;1-2;;/h5,11H,2-4H2,1H3;3-5H,1-2H3;1-2H3;2*1H. The molecule has 1 aliphatic rings. The number of pyridine rings is 1. The molecule has 0 radical (unpaired) electrons. The molecule has 1 aliphatic carbocycles. The molecule has 0 fully saturated rings. The Hall–Kier alpha value is -2.43. The molecule has 5 nitrogen and oxygen atoms in total. The Morgan fingerprint density at radius 2 is 2.00 bits per heavy atom. The van der Waals surface area contributed by atoms with E-state index >= 15 is 0 Å². The van der Waals surface area contributed by atoms with Gasteiger partial charge in [0.2, 0.25) is 5.88 Å². The summed E-state index contributed by atoms with van der Waals surface area (Å²) in [5.41, 5.74) is 3.27. The molecule has 0 spiro atoms. The molecule has 0 unspecified atom stereocenters. The first-order valence-corrected chi connectivity index (χ1v) is 8.24. The van der Waals surface area contributed by atoms with E-state index in [-0.39, 0.29) is 14.4 Å². The van der Waals surface area contributed by atoms with Crippen LogP contribution in [0.5, 0.6) is 5.88 Å². The average Bonchev–Trinajstić information content (AvgIpc) is 3.04. The number of ether oxygens (including phenoxy) is 1. The number of rotatable bonds is 2. The zero-order chi connectivity index (χ0) is 18.1. The van der Waals surface area contributed by atoms with Crippen molar-refractivity contribution in [1.82, 2.24) is 9.97 Å². The number of aromatic amines is 1. The first-order chi connectivity index (χ1) is 11.5. The van der Waals surface area contributed by atoms with Gasteiger partial charge in [-0.25, -0.2) is 4.98 Å². The number of Topliss-reactive ketones (excluding diaryl/α,β-unsaturated/α-hetero) is 2. The normalized spacial score (nSPS) is 12.1. The molecule has 2 aromatic heterocycles. The fraction of sp³-hybridized carbons (Fsp3) is 0.421. The van der Waals surface area contributed by atoms with Crippen LogP contribution in [-0.2, 0) is 6.42 Å². The molecule has 0 amide bonds. The van der Waals surface area contributed by atoms with E-state index in [0.29, 0.717) is 23.4 Å². The molecule has 0 aromatic carbocycles. The van der Waals surface area contributed by atoms with Crippen molar-refractivity contribution in [3.05, 3.63) is 46.9 Å². The number of carbonyl (C=O) groups excluding carboxylic acids is 2. The summed E-state index contributed by atoms with van der Waals surface area (Å²) in [5.74, 6) is 0.737. The highest BCUT2D eigenvalue weighted by molar-refractivity contribution is 6.09.